The Bertz CT molecular complexity index is 723. The summed E-state index contributed by atoms with van der Waals surface area (Å²) in [5, 5.41) is 6.16. The van der Waals surface area contributed by atoms with E-state index < -0.39 is 0 Å². The van der Waals surface area contributed by atoms with Gasteiger partial charge in [0.25, 0.3) is 5.91 Å². The van der Waals surface area contributed by atoms with E-state index in [0.29, 0.717) is 17.9 Å². The van der Waals surface area contributed by atoms with Gasteiger partial charge >= 0.3 is 0 Å². The molecule has 3 rings (SSSR count). The van der Waals surface area contributed by atoms with E-state index in [1.165, 1.54) is 5.69 Å². The Morgan fingerprint density at radius 3 is 2.54 bits per heavy atom. The van der Waals surface area contributed by atoms with E-state index in [-0.39, 0.29) is 5.91 Å². The predicted molar refractivity (Wildman–Crippen MR) is 106 cm³/mol. The molecular weight excluding hydrogens is 326 g/mol. The molecular formula is C20H27N5O. The molecule has 1 aromatic carbocycles. The number of anilines is 3. The molecule has 0 atom stereocenters. The minimum atomic E-state index is -0.0669. The van der Waals surface area contributed by atoms with Gasteiger partial charge in [0.05, 0.1) is 0 Å². The van der Waals surface area contributed by atoms with Gasteiger partial charge < -0.3 is 20.4 Å². The van der Waals surface area contributed by atoms with Crippen molar-refractivity contribution in [2.24, 2.45) is 0 Å². The van der Waals surface area contributed by atoms with Crippen molar-refractivity contribution >= 4 is 23.1 Å². The number of carbonyl (C=O) groups is 1. The van der Waals surface area contributed by atoms with E-state index in [1.807, 2.05) is 6.92 Å². The van der Waals surface area contributed by atoms with Gasteiger partial charge in [0.1, 0.15) is 5.82 Å². The van der Waals surface area contributed by atoms with Gasteiger partial charge in [0.2, 0.25) is 0 Å². The molecule has 2 aromatic rings. The lowest BCUT2D eigenvalue weighted by Gasteiger charge is -2.34. The zero-order valence-corrected chi connectivity index (χ0v) is 15.5. The van der Waals surface area contributed by atoms with Gasteiger partial charge in [-0.3, -0.25) is 4.79 Å². The first-order chi connectivity index (χ1) is 12.7. The molecule has 2 heterocycles. The summed E-state index contributed by atoms with van der Waals surface area (Å²) in [6.45, 7) is 7.01. The second-order valence-electron chi connectivity index (χ2n) is 6.65. The van der Waals surface area contributed by atoms with Crippen LogP contribution in [0.25, 0.3) is 0 Å². The molecule has 6 nitrogen and oxygen atoms in total. The molecule has 0 radical (unpaired) electrons. The van der Waals surface area contributed by atoms with E-state index in [2.05, 4.69) is 56.7 Å². The summed E-state index contributed by atoms with van der Waals surface area (Å²) in [5.74, 6) is 0.601. The maximum absolute atomic E-state index is 12.1. The van der Waals surface area contributed by atoms with Crippen molar-refractivity contribution < 1.29 is 4.79 Å². The van der Waals surface area contributed by atoms with Gasteiger partial charge in [0, 0.05) is 55.9 Å². The highest BCUT2D eigenvalue weighted by molar-refractivity contribution is 5.94. The monoisotopic (exact) mass is 353 g/mol. The largest absolute Gasteiger partial charge is 0.369 e. The average Bonchev–Trinajstić information content (AvgIpc) is 2.67. The van der Waals surface area contributed by atoms with E-state index in [9.17, 15) is 4.79 Å². The molecule has 0 bridgehead atoms. The zero-order valence-electron chi connectivity index (χ0n) is 15.5. The Morgan fingerprint density at radius 2 is 1.85 bits per heavy atom. The highest BCUT2D eigenvalue weighted by Gasteiger charge is 2.14. The Balaban J connectivity index is 1.63. The molecule has 0 aliphatic carbocycles. The lowest BCUT2D eigenvalue weighted by Crippen LogP contribution is -2.44. The minimum Gasteiger partial charge on any atom is -0.369 e. The van der Waals surface area contributed by atoms with Gasteiger partial charge in [-0.1, -0.05) is 6.92 Å². The standard InChI is InChI=1S/C20H27N5O/c1-3-9-22-20(26)16-8-10-21-19(15-16)23-17-4-6-18(7-5-17)25-13-11-24(2)12-14-25/h4-8,10,15H,3,9,11-14H2,1-2H3,(H,21,23)(H,22,26). The summed E-state index contributed by atoms with van der Waals surface area (Å²) >= 11 is 0. The van der Waals surface area contributed by atoms with Gasteiger partial charge in [-0.05, 0) is 49.9 Å². The molecule has 1 aliphatic heterocycles. The third kappa shape index (κ3) is 4.73. The molecule has 1 amide bonds. The fourth-order valence-corrected chi connectivity index (χ4v) is 2.95. The lowest BCUT2D eigenvalue weighted by atomic mass is 10.2. The highest BCUT2D eigenvalue weighted by atomic mass is 16.1. The van der Waals surface area contributed by atoms with Crippen LogP contribution >= 0.6 is 0 Å². The van der Waals surface area contributed by atoms with Crippen LogP contribution in [0, 0.1) is 0 Å². The van der Waals surface area contributed by atoms with Crippen molar-refractivity contribution in [3.05, 3.63) is 48.2 Å². The van der Waals surface area contributed by atoms with Crippen molar-refractivity contribution in [1.29, 1.82) is 0 Å². The number of piperazine rings is 1. The average molecular weight is 353 g/mol. The fourth-order valence-electron chi connectivity index (χ4n) is 2.95. The minimum absolute atomic E-state index is 0.0669. The van der Waals surface area contributed by atoms with E-state index in [1.54, 1.807) is 18.3 Å². The Hall–Kier alpha value is -2.60. The van der Waals surface area contributed by atoms with Crippen molar-refractivity contribution in [3.8, 4) is 0 Å². The van der Waals surface area contributed by atoms with Crippen LogP contribution in [0.1, 0.15) is 23.7 Å². The smallest absolute Gasteiger partial charge is 0.251 e. The van der Waals surface area contributed by atoms with Gasteiger partial charge in [-0.15, -0.1) is 0 Å². The Morgan fingerprint density at radius 1 is 1.12 bits per heavy atom. The van der Waals surface area contributed by atoms with Crippen LogP contribution in [-0.2, 0) is 0 Å². The van der Waals surface area contributed by atoms with Gasteiger partial charge in [-0.25, -0.2) is 4.98 Å². The maximum Gasteiger partial charge on any atom is 0.251 e. The van der Waals surface area contributed by atoms with Crippen LogP contribution in [0.5, 0.6) is 0 Å². The number of amides is 1. The Labute approximate surface area is 155 Å². The quantitative estimate of drug-likeness (QED) is 0.836. The molecule has 1 aliphatic rings. The number of benzene rings is 1. The number of carbonyl (C=O) groups excluding carboxylic acids is 1. The summed E-state index contributed by atoms with van der Waals surface area (Å²) < 4.78 is 0. The predicted octanol–water partition coefficient (Wildman–Crippen LogP) is 2.72. The summed E-state index contributed by atoms with van der Waals surface area (Å²) in [4.78, 5) is 21.1. The summed E-state index contributed by atoms with van der Waals surface area (Å²) in [7, 11) is 2.16. The number of nitrogens with zero attached hydrogens (tertiary/aromatic N) is 3. The molecule has 138 valence electrons. The summed E-state index contributed by atoms with van der Waals surface area (Å²) in [6.07, 6.45) is 2.57. The van der Waals surface area contributed by atoms with E-state index >= 15 is 0 Å². The third-order valence-corrected chi connectivity index (χ3v) is 4.57. The molecule has 6 heteroatoms. The van der Waals surface area contributed by atoms with Crippen LogP contribution in [0.3, 0.4) is 0 Å². The summed E-state index contributed by atoms with van der Waals surface area (Å²) in [5.41, 5.74) is 2.82. The second kappa shape index (κ2) is 8.67. The van der Waals surface area contributed by atoms with Gasteiger partial charge in [-0.2, -0.15) is 0 Å². The Kier molecular flexibility index (Phi) is 6.07. The van der Waals surface area contributed by atoms with Crippen molar-refractivity contribution in [3.63, 3.8) is 0 Å². The van der Waals surface area contributed by atoms with Crippen LogP contribution in [0.15, 0.2) is 42.6 Å². The maximum atomic E-state index is 12.1. The number of likely N-dealkylation sites (N-methyl/N-ethyl adjacent to an activating group) is 1. The van der Waals surface area contributed by atoms with E-state index in [4.69, 9.17) is 0 Å². The van der Waals surface area contributed by atoms with Crippen LogP contribution in [-0.4, -0.2) is 55.6 Å². The molecule has 26 heavy (non-hydrogen) atoms. The van der Waals surface area contributed by atoms with Crippen molar-refractivity contribution in [2.75, 3.05) is 50.0 Å². The first-order valence-electron chi connectivity index (χ1n) is 9.20. The first-order valence-corrected chi connectivity index (χ1v) is 9.20. The number of pyridine rings is 1. The van der Waals surface area contributed by atoms with Crippen molar-refractivity contribution in [2.45, 2.75) is 13.3 Å². The second-order valence-corrected chi connectivity index (χ2v) is 6.65. The number of nitrogens with one attached hydrogen (secondary N) is 2. The number of hydrogen-bond donors (Lipinski definition) is 2. The third-order valence-electron chi connectivity index (χ3n) is 4.57. The summed E-state index contributed by atoms with van der Waals surface area (Å²) in [6, 6.07) is 11.9. The SMILES string of the molecule is CCCNC(=O)c1ccnc(Nc2ccc(N3CCN(C)CC3)cc2)c1. The number of aromatic nitrogens is 1. The molecule has 0 saturated carbocycles. The molecule has 0 spiro atoms. The van der Waals surface area contributed by atoms with Crippen LogP contribution in [0.2, 0.25) is 0 Å². The lowest BCUT2D eigenvalue weighted by molar-refractivity contribution is 0.0953. The zero-order chi connectivity index (χ0) is 18.4. The normalized spacial score (nSPS) is 14.9. The van der Waals surface area contributed by atoms with Crippen LogP contribution in [0.4, 0.5) is 17.2 Å². The molecule has 1 fully saturated rings. The van der Waals surface area contributed by atoms with Gasteiger partial charge in [0.15, 0.2) is 0 Å². The number of rotatable bonds is 6. The fraction of sp³-hybridized carbons (Fsp3) is 0.400. The van der Waals surface area contributed by atoms with Crippen LogP contribution < -0.4 is 15.5 Å². The first kappa shape index (κ1) is 18.2. The highest BCUT2D eigenvalue weighted by Crippen LogP contribution is 2.21. The van der Waals surface area contributed by atoms with E-state index in [0.717, 1.165) is 38.3 Å². The topological polar surface area (TPSA) is 60.5 Å². The molecule has 1 saturated heterocycles. The molecule has 2 N–H and O–H groups in total. The molecule has 0 unspecified atom stereocenters. The number of hydrogen-bond acceptors (Lipinski definition) is 5. The van der Waals surface area contributed by atoms with Crippen molar-refractivity contribution in [1.82, 2.24) is 15.2 Å². The molecule has 1 aromatic heterocycles.